The number of aryl methyl sites for hydroxylation is 1. The fourth-order valence-corrected chi connectivity index (χ4v) is 4.97. The number of carbonyl (C=O) groups excluding carboxylic acids is 2. The first kappa shape index (κ1) is 22.2. The van der Waals surface area contributed by atoms with E-state index in [4.69, 9.17) is 16.3 Å². The van der Waals surface area contributed by atoms with Crippen molar-refractivity contribution >= 4 is 29.1 Å². The number of Topliss-reactive ketones (excluding diaryl/α,β-unsaturated/α-hetero) is 1. The van der Waals surface area contributed by atoms with Gasteiger partial charge in [-0.15, -0.1) is 0 Å². The van der Waals surface area contributed by atoms with Crippen LogP contribution in [0.3, 0.4) is 0 Å². The summed E-state index contributed by atoms with van der Waals surface area (Å²) in [7, 11) is 1.55. The zero-order valence-electron chi connectivity index (χ0n) is 18.1. The number of phenols is 1. The summed E-state index contributed by atoms with van der Waals surface area (Å²) in [5.41, 5.74) is 1.79. The number of hydrogen-bond donors (Lipinski definition) is 2. The first-order valence-electron chi connectivity index (χ1n) is 10.8. The standard InChI is InChI=1S/C25H26ClNO5/c1-14-12-17(32-2)9-10-18(14)23(29)21-22(15-8-11-20(28)19(26)13-15)27(25(31)24(21)30)16-6-4-3-5-7-16/h8-13,16,22,28-29H,3-7H2,1-2H3/b23-21-. The molecular formula is C25H26ClNO5. The van der Waals surface area contributed by atoms with Gasteiger partial charge in [-0.05, 0) is 61.2 Å². The molecule has 0 radical (unpaired) electrons. The fourth-order valence-electron chi connectivity index (χ4n) is 4.78. The Morgan fingerprint density at radius 3 is 2.44 bits per heavy atom. The number of amides is 1. The molecule has 0 bridgehead atoms. The van der Waals surface area contributed by atoms with Crippen molar-refractivity contribution in [3.63, 3.8) is 0 Å². The van der Waals surface area contributed by atoms with E-state index in [1.54, 1.807) is 49.3 Å². The molecule has 1 unspecified atom stereocenters. The van der Waals surface area contributed by atoms with Crippen molar-refractivity contribution in [1.82, 2.24) is 4.90 Å². The van der Waals surface area contributed by atoms with Crippen LogP contribution in [-0.2, 0) is 9.59 Å². The summed E-state index contributed by atoms with van der Waals surface area (Å²) in [6.45, 7) is 1.81. The number of ketones is 1. The number of benzene rings is 2. The molecule has 32 heavy (non-hydrogen) atoms. The third kappa shape index (κ3) is 3.84. The average molecular weight is 456 g/mol. The second-order valence-corrected chi connectivity index (χ2v) is 8.80. The molecule has 1 saturated carbocycles. The van der Waals surface area contributed by atoms with Crippen molar-refractivity contribution in [2.45, 2.75) is 51.1 Å². The molecule has 168 valence electrons. The predicted octanol–water partition coefficient (Wildman–Crippen LogP) is 5.12. The molecule has 1 aliphatic carbocycles. The first-order valence-corrected chi connectivity index (χ1v) is 11.1. The molecule has 6 nitrogen and oxygen atoms in total. The van der Waals surface area contributed by atoms with Gasteiger partial charge in [0.05, 0.1) is 23.7 Å². The van der Waals surface area contributed by atoms with Gasteiger partial charge in [-0.25, -0.2) is 0 Å². The van der Waals surface area contributed by atoms with Crippen LogP contribution < -0.4 is 4.74 Å². The fraction of sp³-hybridized carbons (Fsp3) is 0.360. The van der Waals surface area contributed by atoms with Gasteiger partial charge in [-0.1, -0.05) is 36.9 Å². The Morgan fingerprint density at radius 1 is 1.09 bits per heavy atom. The highest BCUT2D eigenvalue weighted by atomic mass is 35.5. The van der Waals surface area contributed by atoms with Crippen molar-refractivity contribution < 1.29 is 24.5 Å². The smallest absolute Gasteiger partial charge is 0.295 e. The van der Waals surface area contributed by atoms with Gasteiger partial charge < -0.3 is 19.8 Å². The van der Waals surface area contributed by atoms with Crippen molar-refractivity contribution in [1.29, 1.82) is 0 Å². The van der Waals surface area contributed by atoms with Crippen LogP contribution in [0.5, 0.6) is 11.5 Å². The number of likely N-dealkylation sites (tertiary alicyclic amines) is 1. The van der Waals surface area contributed by atoms with E-state index >= 15 is 0 Å². The van der Waals surface area contributed by atoms with Crippen LogP contribution in [-0.4, -0.2) is 40.0 Å². The van der Waals surface area contributed by atoms with Crippen LogP contribution >= 0.6 is 11.6 Å². The van der Waals surface area contributed by atoms with Gasteiger partial charge in [0.1, 0.15) is 17.3 Å². The lowest BCUT2D eigenvalue weighted by Gasteiger charge is -2.35. The molecule has 2 aromatic rings. The summed E-state index contributed by atoms with van der Waals surface area (Å²) >= 11 is 6.17. The zero-order valence-corrected chi connectivity index (χ0v) is 18.9. The molecule has 2 aromatic carbocycles. The van der Waals surface area contributed by atoms with Crippen LogP contribution in [0.15, 0.2) is 42.0 Å². The Kier molecular flexibility index (Phi) is 6.15. The minimum atomic E-state index is -0.780. The van der Waals surface area contributed by atoms with E-state index in [1.807, 2.05) is 0 Å². The maximum Gasteiger partial charge on any atom is 0.295 e. The first-order chi connectivity index (χ1) is 15.3. The minimum Gasteiger partial charge on any atom is -0.507 e. The lowest BCUT2D eigenvalue weighted by atomic mass is 9.90. The van der Waals surface area contributed by atoms with Crippen LogP contribution in [0.4, 0.5) is 0 Å². The summed E-state index contributed by atoms with van der Waals surface area (Å²) in [4.78, 5) is 28.0. The molecule has 4 rings (SSSR count). The molecule has 1 atom stereocenters. The van der Waals surface area contributed by atoms with Gasteiger partial charge in [-0.2, -0.15) is 0 Å². The van der Waals surface area contributed by atoms with Crippen LogP contribution in [0, 0.1) is 6.92 Å². The summed E-state index contributed by atoms with van der Waals surface area (Å²) in [5, 5.41) is 21.3. The summed E-state index contributed by atoms with van der Waals surface area (Å²) in [5.74, 6) is -1.01. The topological polar surface area (TPSA) is 87.1 Å². The number of aliphatic hydroxyl groups is 1. The maximum absolute atomic E-state index is 13.2. The van der Waals surface area contributed by atoms with Crippen molar-refractivity contribution in [3.05, 3.63) is 63.7 Å². The van der Waals surface area contributed by atoms with Gasteiger partial charge in [0.25, 0.3) is 11.7 Å². The Labute approximate surface area is 192 Å². The number of rotatable bonds is 4. The molecule has 0 aromatic heterocycles. The minimum absolute atomic E-state index is 0.0376. The van der Waals surface area contributed by atoms with E-state index in [-0.39, 0.29) is 28.1 Å². The SMILES string of the molecule is COc1ccc(/C(O)=C2/C(=O)C(=O)N(C3CCCCC3)C2c2ccc(O)c(Cl)c2)c(C)c1. The Bertz CT molecular complexity index is 1100. The summed E-state index contributed by atoms with van der Waals surface area (Å²) in [6.07, 6.45) is 4.66. The van der Waals surface area contributed by atoms with Gasteiger partial charge in [0.2, 0.25) is 0 Å². The highest BCUT2D eigenvalue weighted by molar-refractivity contribution is 6.46. The van der Waals surface area contributed by atoms with Crippen molar-refractivity contribution in [2.75, 3.05) is 7.11 Å². The quantitative estimate of drug-likeness (QED) is 0.379. The number of phenolic OH excluding ortho intramolecular Hbond substituents is 1. The molecule has 1 aliphatic heterocycles. The van der Waals surface area contributed by atoms with E-state index in [2.05, 4.69) is 0 Å². The highest BCUT2D eigenvalue weighted by Gasteiger charge is 2.49. The van der Waals surface area contributed by atoms with Gasteiger partial charge in [0, 0.05) is 11.6 Å². The number of methoxy groups -OCH3 is 1. The molecule has 2 fully saturated rings. The summed E-state index contributed by atoms with van der Waals surface area (Å²) < 4.78 is 5.24. The molecule has 7 heteroatoms. The number of halogens is 1. The van der Waals surface area contributed by atoms with Crippen LogP contribution in [0.25, 0.3) is 5.76 Å². The van der Waals surface area contributed by atoms with Gasteiger partial charge in [0.15, 0.2) is 0 Å². The number of aromatic hydroxyl groups is 1. The Morgan fingerprint density at radius 2 is 1.81 bits per heavy atom. The molecular weight excluding hydrogens is 430 g/mol. The zero-order chi connectivity index (χ0) is 23.0. The number of nitrogens with zero attached hydrogens (tertiary/aromatic N) is 1. The Hall–Kier alpha value is -2.99. The second-order valence-electron chi connectivity index (χ2n) is 8.39. The predicted molar refractivity (Wildman–Crippen MR) is 122 cm³/mol. The maximum atomic E-state index is 13.2. The number of aliphatic hydroxyl groups excluding tert-OH is 1. The average Bonchev–Trinajstić information content (AvgIpc) is 3.06. The van der Waals surface area contributed by atoms with Gasteiger partial charge >= 0.3 is 0 Å². The lowest BCUT2D eigenvalue weighted by molar-refractivity contribution is -0.141. The van der Waals surface area contributed by atoms with Crippen LogP contribution in [0.1, 0.15) is 54.8 Å². The monoisotopic (exact) mass is 455 g/mol. The molecule has 1 heterocycles. The van der Waals surface area contributed by atoms with Crippen molar-refractivity contribution in [3.8, 4) is 11.5 Å². The van der Waals surface area contributed by atoms with E-state index in [0.717, 1.165) is 32.1 Å². The Balaban J connectivity index is 1.90. The molecule has 2 aliphatic rings. The molecule has 2 N–H and O–H groups in total. The highest BCUT2D eigenvalue weighted by Crippen LogP contribution is 2.44. The van der Waals surface area contributed by atoms with E-state index in [1.165, 1.54) is 6.07 Å². The third-order valence-electron chi connectivity index (χ3n) is 6.42. The van der Waals surface area contributed by atoms with E-state index in [9.17, 15) is 19.8 Å². The second kappa shape index (κ2) is 8.87. The molecule has 0 spiro atoms. The lowest BCUT2D eigenvalue weighted by Crippen LogP contribution is -2.40. The largest absolute Gasteiger partial charge is 0.507 e. The molecule has 1 saturated heterocycles. The number of ether oxygens (including phenoxy) is 1. The van der Waals surface area contributed by atoms with Gasteiger partial charge in [-0.3, -0.25) is 9.59 Å². The molecule has 1 amide bonds. The normalized spacial score (nSPS) is 21.2. The number of carbonyl (C=O) groups is 2. The van der Waals surface area contributed by atoms with E-state index in [0.29, 0.717) is 22.4 Å². The summed E-state index contributed by atoms with van der Waals surface area (Å²) in [6, 6.07) is 8.90. The third-order valence-corrected chi connectivity index (χ3v) is 6.73. The van der Waals surface area contributed by atoms with Crippen molar-refractivity contribution in [2.24, 2.45) is 0 Å². The van der Waals surface area contributed by atoms with Crippen LogP contribution in [0.2, 0.25) is 5.02 Å². The van der Waals surface area contributed by atoms with E-state index < -0.39 is 17.7 Å². The number of hydrogen-bond acceptors (Lipinski definition) is 5.